The van der Waals surface area contributed by atoms with Crippen molar-refractivity contribution in [3.05, 3.63) is 23.9 Å². The highest BCUT2D eigenvalue weighted by Crippen LogP contribution is 2.10. The lowest BCUT2D eigenvalue weighted by Crippen LogP contribution is -1.95. The van der Waals surface area contributed by atoms with E-state index in [1.54, 1.807) is 10.8 Å². The molecule has 0 aliphatic carbocycles. The van der Waals surface area contributed by atoms with E-state index in [2.05, 4.69) is 37.9 Å². The summed E-state index contributed by atoms with van der Waals surface area (Å²) < 4.78 is 1.74. The number of aryl methyl sites for hydroxylation is 1. The van der Waals surface area contributed by atoms with Crippen LogP contribution in [0, 0.1) is 0 Å². The van der Waals surface area contributed by atoms with Crippen LogP contribution in [0.25, 0.3) is 5.65 Å². The van der Waals surface area contributed by atoms with Crippen molar-refractivity contribution in [1.82, 2.24) is 19.6 Å². The van der Waals surface area contributed by atoms with E-state index in [9.17, 15) is 0 Å². The fourth-order valence-corrected chi connectivity index (χ4v) is 1.65. The largest absolute Gasteiger partial charge is 0.244 e. The van der Waals surface area contributed by atoms with E-state index in [1.807, 2.05) is 6.20 Å². The molecule has 0 saturated heterocycles. The van der Waals surface area contributed by atoms with Crippen LogP contribution < -0.4 is 0 Å². The van der Waals surface area contributed by atoms with Crippen LogP contribution in [0.15, 0.2) is 12.5 Å². The predicted octanol–water partition coefficient (Wildman–Crippen LogP) is 1.97. The Morgan fingerprint density at radius 1 is 1.50 bits per heavy atom. The van der Waals surface area contributed by atoms with Crippen LogP contribution in [0.4, 0.5) is 0 Å². The summed E-state index contributed by atoms with van der Waals surface area (Å²) in [7, 11) is 0. The Morgan fingerprint density at radius 2 is 2.36 bits per heavy atom. The monoisotopic (exact) mass is 254 g/mol. The van der Waals surface area contributed by atoms with E-state index in [0.717, 1.165) is 29.9 Å². The lowest BCUT2D eigenvalue weighted by molar-refractivity contribution is 0.860. The van der Waals surface area contributed by atoms with Gasteiger partial charge in [-0.1, -0.05) is 29.3 Å². The standard InChI is InChI=1S/C9H11BrN4/c1-2-3-7-5-11-6-14-9(7)12-8(4-10)13-14/h5-6H,2-4H2,1H3. The van der Waals surface area contributed by atoms with Gasteiger partial charge in [-0.3, -0.25) is 0 Å². The molecule has 0 bridgehead atoms. The van der Waals surface area contributed by atoms with Crippen LogP contribution >= 0.6 is 15.9 Å². The Kier molecular flexibility index (Phi) is 2.77. The fourth-order valence-electron chi connectivity index (χ4n) is 1.41. The summed E-state index contributed by atoms with van der Waals surface area (Å²) in [5.41, 5.74) is 2.09. The van der Waals surface area contributed by atoms with Gasteiger partial charge in [0, 0.05) is 11.8 Å². The molecule has 0 radical (unpaired) electrons. The van der Waals surface area contributed by atoms with Gasteiger partial charge in [-0.25, -0.2) is 14.5 Å². The summed E-state index contributed by atoms with van der Waals surface area (Å²) in [6, 6.07) is 0. The minimum absolute atomic E-state index is 0.681. The molecule has 14 heavy (non-hydrogen) atoms. The summed E-state index contributed by atoms with van der Waals surface area (Å²) >= 11 is 3.34. The Bertz CT molecular complexity index is 437. The number of fused-ring (bicyclic) bond motifs is 1. The molecule has 0 fully saturated rings. The maximum atomic E-state index is 4.41. The third kappa shape index (κ3) is 1.64. The maximum Gasteiger partial charge on any atom is 0.162 e. The number of rotatable bonds is 3. The molecule has 2 heterocycles. The van der Waals surface area contributed by atoms with E-state index in [1.165, 1.54) is 0 Å². The molecular formula is C9H11BrN4. The van der Waals surface area contributed by atoms with Crippen molar-refractivity contribution < 1.29 is 0 Å². The van der Waals surface area contributed by atoms with Crippen molar-refractivity contribution >= 4 is 21.6 Å². The molecular weight excluding hydrogens is 244 g/mol. The first kappa shape index (κ1) is 9.58. The third-order valence-corrected chi connectivity index (χ3v) is 2.51. The summed E-state index contributed by atoms with van der Waals surface area (Å²) in [5, 5.41) is 4.95. The van der Waals surface area contributed by atoms with Crippen molar-refractivity contribution in [3.8, 4) is 0 Å². The summed E-state index contributed by atoms with van der Waals surface area (Å²) in [6.45, 7) is 2.14. The Balaban J connectivity index is 2.55. The summed E-state index contributed by atoms with van der Waals surface area (Å²) in [4.78, 5) is 8.54. The van der Waals surface area contributed by atoms with Gasteiger partial charge in [0.25, 0.3) is 0 Å². The van der Waals surface area contributed by atoms with E-state index in [0.29, 0.717) is 5.33 Å². The van der Waals surface area contributed by atoms with Crippen molar-refractivity contribution in [2.75, 3.05) is 0 Å². The van der Waals surface area contributed by atoms with Crippen LogP contribution in [-0.2, 0) is 11.8 Å². The Morgan fingerprint density at radius 3 is 3.07 bits per heavy atom. The zero-order valence-corrected chi connectivity index (χ0v) is 9.53. The summed E-state index contributed by atoms with van der Waals surface area (Å²) in [5.74, 6) is 0.801. The molecule has 0 N–H and O–H groups in total. The van der Waals surface area contributed by atoms with Crippen LogP contribution in [0.5, 0.6) is 0 Å². The normalized spacial score (nSPS) is 11.0. The first-order valence-corrected chi connectivity index (χ1v) is 5.71. The Labute approximate surface area is 90.5 Å². The first-order valence-electron chi connectivity index (χ1n) is 4.59. The molecule has 2 rings (SSSR count). The maximum absolute atomic E-state index is 4.41. The molecule has 2 aromatic rings. The van der Waals surface area contributed by atoms with Crippen molar-refractivity contribution in [1.29, 1.82) is 0 Å². The van der Waals surface area contributed by atoms with Gasteiger partial charge in [0.05, 0.1) is 5.33 Å². The fraction of sp³-hybridized carbons (Fsp3) is 0.444. The average Bonchev–Trinajstić information content (AvgIpc) is 2.62. The molecule has 0 aliphatic rings. The van der Waals surface area contributed by atoms with Crippen molar-refractivity contribution in [2.45, 2.75) is 25.1 Å². The van der Waals surface area contributed by atoms with E-state index < -0.39 is 0 Å². The minimum Gasteiger partial charge on any atom is -0.244 e. The first-order chi connectivity index (χ1) is 6.85. The van der Waals surface area contributed by atoms with Gasteiger partial charge < -0.3 is 0 Å². The quantitative estimate of drug-likeness (QED) is 0.787. The Hall–Kier alpha value is -0.970. The number of aromatic nitrogens is 4. The molecule has 0 spiro atoms. The topological polar surface area (TPSA) is 43.1 Å². The number of nitrogens with zero attached hydrogens (tertiary/aromatic N) is 4. The van der Waals surface area contributed by atoms with Crippen LogP contribution in [0.2, 0.25) is 0 Å². The number of halogens is 1. The van der Waals surface area contributed by atoms with Crippen LogP contribution in [-0.4, -0.2) is 19.6 Å². The molecule has 0 aliphatic heterocycles. The number of hydrogen-bond donors (Lipinski definition) is 0. The molecule has 0 saturated carbocycles. The lowest BCUT2D eigenvalue weighted by Gasteiger charge is -1.97. The van der Waals surface area contributed by atoms with Crippen LogP contribution in [0.3, 0.4) is 0 Å². The summed E-state index contributed by atoms with van der Waals surface area (Å²) in [6.07, 6.45) is 5.65. The third-order valence-electron chi connectivity index (χ3n) is 2.01. The predicted molar refractivity (Wildman–Crippen MR) is 57.4 cm³/mol. The van der Waals surface area contributed by atoms with Gasteiger partial charge in [-0.15, -0.1) is 5.10 Å². The highest BCUT2D eigenvalue weighted by atomic mass is 79.9. The molecule has 5 heteroatoms. The van der Waals surface area contributed by atoms with Gasteiger partial charge in [0.15, 0.2) is 11.5 Å². The van der Waals surface area contributed by atoms with Gasteiger partial charge in [0.2, 0.25) is 0 Å². The van der Waals surface area contributed by atoms with Gasteiger partial charge in [-0.05, 0) is 6.42 Å². The van der Waals surface area contributed by atoms with Crippen molar-refractivity contribution in [3.63, 3.8) is 0 Å². The van der Waals surface area contributed by atoms with Gasteiger partial charge in [-0.2, -0.15) is 0 Å². The molecule has 0 unspecified atom stereocenters. The SMILES string of the molecule is CCCc1cncn2nc(CBr)nc12. The highest BCUT2D eigenvalue weighted by Gasteiger charge is 2.06. The second-order valence-corrected chi connectivity index (χ2v) is 3.66. The lowest BCUT2D eigenvalue weighted by atomic mass is 10.2. The molecule has 0 aromatic carbocycles. The molecule has 0 amide bonds. The van der Waals surface area contributed by atoms with Crippen LogP contribution in [0.1, 0.15) is 24.7 Å². The van der Waals surface area contributed by atoms with Crippen molar-refractivity contribution in [2.24, 2.45) is 0 Å². The molecule has 0 atom stereocenters. The smallest absolute Gasteiger partial charge is 0.162 e. The number of hydrogen-bond acceptors (Lipinski definition) is 3. The zero-order chi connectivity index (χ0) is 9.97. The second-order valence-electron chi connectivity index (χ2n) is 3.10. The van der Waals surface area contributed by atoms with Gasteiger partial charge >= 0.3 is 0 Å². The number of alkyl halides is 1. The second kappa shape index (κ2) is 4.04. The minimum atomic E-state index is 0.681. The van der Waals surface area contributed by atoms with Gasteiger partial charge in [0.1, 0.15) is 6.33 Å². The molecule has 74 valence electrons. The van der Waals surface area contributed by atoms with E-state index in [4.69, 9.17) is 0 Å². The van der Waals surface area contributed by atoms with E-state index >= 15 is 0 Å². The average molecular weight is 255 g/mol. The molecule has 4 nitrogen and oxygen atoms in total. The van der Waals surface area contributed by atoms with E-state index in [-0.39, 0.29) is 0 Å². The molecule has 2 aromatic heterocycles. The zero-order valence-electron chi connectivity index (χ0n) is 7.94. The highest BCUT2D eigenvalue weighted by molar-refractivity contribution is 9.08.